The molecule has 0 unspecified atom stereocenters. The highest BCUT2D eigenvalue weighted by Crippen LogP contribution is 2.29. The largest absolute Gasteiger partial charge is 0.455 e. The number of carbonyl (C=O) groups is 1. The molecule has 130 valence electrons. The predicted molar refractivity (Wildman–Crippen MR) is 101 cm³/mol. The summed E-state index contributed by atoms with van der Waals surface area (Å²) in [5.74, 6) is 0.660. The van der Waals surface area contributed by atoms with Crippen LogP contribution in [0.15, 0.2) is 72.8 Å². The number of carbonyl (C=O) groups excluding carboxylic acids is 1. The number of nitriles is 2. The van der Waals surface area contributed by atoms with Crippen LogP contribution in [-0.4, -0.2) is 6.03 Å². The summed E-state index contributed by atoms with van der Waals surface area (Å²) >= 11 is 0. The molecule has 3 aromatic carbocycles. The summed E-state index contributed by atoms with van der Waals surface area (Å²) in [7, 11) is 0. The highest BCUT2D eigenvalue weighted by molar-refractivity contribution is 5.99. The van der Waals surface area contributed by atoms with E-state index in [0.717, 1.165) is 0 Å². The van der Waals surface area contributed by atoms with Crippen LogP contribution in [0, 0.1) is 22.7 Å². The lowest BCUT2D eigenvalue weighted by Crippen LogP contribution is -2.19. The van der Waals surface area contributed by atoms with Crippen LogP contribution >= 0.6 is 0 Å². The van der Waals surface area contributed by atoms with Gasteiger partial charge in [0, 0.05) is 11.4 Å². The van der Waals surface area contributed by atoms with E-state index < -0.39 is 0 Å². The van der Waals surface area contributed by atoms with Gasteiger partial charge in [0.2, 0.25) is 0 Å². The van der Waals surface area contributed by atoms with E-state index in [1.165, 1.54) is 0 Å². The van der Waals surface area contributed by atoms with E-state index in [2.05, 4.69) is 10.6 Å². The Morgan fingerprint density at radius 2 is 1.30 bits per heavy atom. The average Bonchev–Trinajstić information content (AvgIpc) is 2.70. The number of hydrogen-bond donors (Lipinski definition) is 2. The third kappa shape index (κ3) is 4.41. The zero-order valence-corrected chi connectivity index (χ0v) is 14.1. The topological polar surface area (TPSA) is 97.9 Å². The second-order valence-corrected chi connectivity index (χ2v) is 5.48. The van der Waals surface area contributed by atoms with Gasteiger partial charge in [-0.05, 0) is 48.5 Å². The molecular weight excluding hydrogens is 340 g/mol. The molecular formula is C21H14N4O2. The molecule has 3 aromatic rings. The first-order valence-electron chi connectivity index (χ1n) is 8.04. The number of benzene rings is 3. The zero-order chi connectivity index (χ0) is 19.1. The number of anilines is 2. The van der Waals surface area contributed by atoms with Gasteiger partial charge in [-0.3, -0.25) is 0 Å². The first-order chi connectivity index (χ1) is 13.2. The van der Waals surface area contributed by atoms with Crippen molar-refractivity contribution in [1.29, 1.82) is 10.5 Å². The van der Waals surface area contributed by atoms with Gasteiger partial charge in [0.15, 0.2) is 5.75 Å². The fourth-order valence-corrected chi connectivity index (χ4v) is 2.36. The molecule has 2 N–H and O–H groups in total. The first kappa shape index (κ1) is 17.5. The summed E-state index contributed by atoms with van der Waals surface area (Å²) in [6.45, 7) is 0. The predicted octanol–water partition coefficient (Wildman–Crippen LogP) is 4.87. The SMILES string of the molecule is N#Cc1cccc(C#N)c1Oc1ccc(NC(=O)Nc2ccccc2)cc1. The van der Waals surface area contributed by atoms with Gasteiger partial charge in [0.1, 0.15) is 17.9 Å². The molecule has 2 amide bonds. The normalized spacial score (nSPS) is 9.56. The number of nitrogens with one attached hydrogen (secondary N) is 2. The maximum atomic E-state index is 12.0. The van der Waals surface area contributed by atoms with E-state index in [1.807, 2.05) is 30.3 Å². The number of ether oxygens (including phenoxy) is 1. The van der Waals surface area contributed by atoms with E-state index >= 15 is 0 Å². The van der Waals surface area contributed by atoms with Crippen molar-refractivity contribution >= 4 is 17.4 Å². The van der Waals surface area contributed by atoms with Crippen molar-refractivity contribution in [1.82, 2.24) is 0 Å². The number of nitrogens with zero attached hydrogens (tertiary/aromatic N) is 2. The fourth-order valence-electron chi connectivity index (χ4n) is 2.36. The number of hydrogen-bond acceptors (Lipinski definition) is 4. The minimum atomic E-state index is -0.364. The van der Waals surface area contributed by atoms with Gasteiger partial charge in [-0.2, -0.15) is 10.5 Å². The van der Waals surface area contributed by atoms with Crippen LogP contribution in [0.3, 0.4) is 0 Å². The summed E-state index contributed by atoms with van der Waals surface area (Å²) in [4.78, 5) is 12.0. The molecule has 0 aliphatic rings. The summed E-state index contributed by atoms with van der Waals surface area (Å²) in [6.07, 6.45) is 0. The standard InChI is InChI=1S/C21H14N4O2/c22-13-15-5-4-6-16(14-23)20(15)27-19-11-9-18(10-12-19)25-21(26)24-17-7-2-1-3-8-17/h1-12H,(H2,24,25,26). The highest BCUT2D eigenvalue weighted by Gasteiger charge is 2.11. The minimum absolute atomic E-state index is 0.213. The molecule has 0 saturated heterocycles. The Hall–Kier alpha value is -4.29. The fraction of sp³-hybridized carbons (Fsp3) is 0. The third-order valence-electron chi connectivity index (χ3n) is 3.62. The molecule has 0 radical (unpaired) electrons. The van der Waals surface area contributed by atoms with E-state index in [0.29, 0.717) is 17.1 Å². The summed E-state index contributed by atoms with van der Waals surface area (Å²) in [5, 5.41) is 23.8. The number of urea groups is 1. The average molecular weight is 354 g/mol. The number of rotatable bonds is 4. The van der Waals surface area contributed by atoms with E-state index in [9.17, 15) is 15.3 Å². The Balaban J connectivity index is 1.69. The monoisotopic (exact) mass is 354 g/mol. The van der Waals surface area contributed by atoms with Crippen LogP contribution < -0.4 is 15.4 Å². The number of para-hydroxylation sites is 2. The van der Waals surface area contributed by atoms with Crippen LogP contribution in [0.1, 0.15) is 11.1 Å². The van der Waals surface area contributed by atoms with Crippen molar-refractivity contribution in [3.63, 3.8) is 0 Å². The lowest BCUT2D eigenvalue weighted by Gasteiger charge is -2.11. The third-order valence-corrected chi connectivity index (χ3v) is 3.62. The molecule has 0 aliphatic carbocycles. The second-order valence-electron chi connectivity index (χ2n) is 5.48. The molecule has 0 bridgehead atoms. The summed E-state index contributed by atoms with van der Waals surface area (Å²) in [6, 6.07) is 24.2. The van der Waals surface area contributed by atoms with Crippen molar-refractivity contribution in [2.75, 3.05) is 10.6 Å². The van der Waals surface area contributed by atoms with Crippen molar-refractivity contribution in [2.24, 2.45) is 0 Å². The molecule has 0 atom stereocenters. The van der Waals surface area contributed by atoms with E-state index in [4.69, 9.17) is 4.74 Å². The van der Waals surface area contributed by atoms with Gasteiger partial charge in [-0.1, -0.05) is 24.3 Å². The van der Waals surface area contributed by atoms with Gasteiger partial charge in [0.05, 0.1) is 11.1 Å². The van der Waals surface area contributed by atoms with Crippen molar-refractivity contribution in [3.8, 4) is 23.6 Å². The lowest BCUT2D eigenvalue weighted by molar-refractivity contribution is 0.262. The van der Waals surface area contributed by atoms with E-state index in [-0.39, 0.29) is 22.9 Å². The molecule has 6 nitrogen and oxygen atoms in total. The lowest BCUT2D eigenvalue weighted by atomic mass is 10.1. The Kier molecular flexibility index (Phi) is 5.32. The van der Waals surface area contributed by atoms with Crippen molar-refractivity contribution < 1.29 is 9.53 Å². The van der Waals surface area contributed by atoms with Gasteiger partial charge in [-0.15, -0.1) is 0 Å². The number of amides is 2. The molecule has 27 heavy (non-hydrogen) atoms. The highest BCUT2D eigenvalue weighted by atomic mass is 16.5. The maximum Gasteiger partial charge on any atom is 0.323 e. The van der Waals surface area contributed by atoms with Gasteiger partial charge in [-0.25, -0.2) is 4.79 Å². The molecule has 0 spiro atoms. The van der Waals surface area contributed by atoms with Crippen LogP contribution in [0.25, 0.3) is 0 Å². The molecule has 0 saturated carbocycles. The Morgan fingerprint density at radius 1 is 0.741 bits per heavy atom. The molecule has 3 rings (SSSR count). The van der Waals surface area contributed by atoms with Crippen LogP contribution in [0.4, 0.5) is 16.2 Å². The van der Waals surface area contributed by atoms with Crippen LogP contribution in [0.5, 0.6) is 11.5 Å². The summed E-state index contributed by atoms with van der Waals surface area (Å²) in [5.41, 5.74) is 1.81. The first-order valence-corrected chi connectivity index (χ1v) is 8.04. The van der Waals surface area contributed by atoms with E-state index in [1.54, 1.807) is 54.6 Å². The van der Waals surface area contributed by atoms with Crippen molar-refractivity contribution in [2.45, 2.75) is 0 Å². The molecule has 0 aromatic heterocycles. The Morgan fingerprint density at radius 3 is 1.85 bits per heavy atom. The van der Waals surface area contributed by atoms with Gasteiger partial charge < -0.3 is 15.4 Å². The quantitative estimate of drug-likeness (QED) is 0.698. The molecule has 0 aliphatic heterocycles. The second kappa shape index (κ2) is 8.19. The smallest absolute Gasteiger partial charge is 0.323 e. The molecule has 0 heterocycles. The molecule has 0 fully saturated rings. The van der Waals surface area contributed by atoms with Crippen LogP contribution in [-0.2, 0) is 0 Å². The minimum Gasteiger partial charge on any atom is -0.455 e. The van der Waals surface area contributed by atoms with Crippen LogP contribution in [0.2, 0.25) is 0 Å². The van der Waals surface area contributed by atoms with Gasteiger partial charge >= 0.3 is 6.03 Å². The van der Waals surface area contributed by atoms with Crippen molar-refractivity contribution in [3.05, 3.63) is 83.9 Å². The van der Waals surface area contributed by atoms with Gasteiger partial charge in [0.25, 0.3) is 0 Å². The maximum absolute atomic E-state index is 12.0. The molecule has 6 heteroatoms. The Labute approximate surface area is 156 Å². The Bertz CT molecular complexity index is 1000. The summed E-state index contributed by atoms with van der Waals surface area (Å²) < 4.78 is 5.70. The zero-order valence-electron chi connectivity index (χ0n) is 14.1.